The number of imide groups is 1. The van der Waals surface area contributed by atoms with Crippen LogP contribution in [0.15, 0.2) is 30.3 Å². The van der Waals surface area contributed by atoms with E-state index in [0.29, 0.717) is 6.42 Å². The summed E-state index contributed by atoms with van der Waals surface area (Å²) < 4.78 is 5.20. The summed E-state index contributed by atoms with van der Waals surface area (Å²) in [6.07, 6.45) is -0.916. The third-order valence-electron chi connectivity index (χ3n) is 3.54. The van der Waals surface area contributed by atoms with Crippen LogP contribution >= 0.6 is 0 Å². The Morgan fingerprint density at radius 1 is 1.38 bits per heavy atom. The molecule has 0 bridgehead atoms. The van der Waals surface area contributed by atoms with E-state index in [-0.39, 0.29) is 24.9 Å². The second-order valence-corrected chi connectivity index (χ2v) is 5.77. The molecule has 5 heteroatoms. The molecule has 1 aromatic carbocycles. The van der Waals surface area contributed by atoms with Crippen LogP contribution in [-0.4, -0.2) is 34.2 Å². The normalized spacial score (nSPS) is 21.9. The molecule has 2 rings (SSSR count). The molecule has 21 heavy (non-hydrogen) atoms. The van der Waals surface area contributed by atoms with E-state index in [2.05, 4.69) is 0 Å². The van der Waals surface area contributed by atoms with Crippen LogP contribution < -0.4 is 0 Å². The highest BCUT2D eigenvalue weighted by Crippen LogP contribution is 2.26. The summed E-state index contributed by atoms with van der Waals surface area (Å²) in [6, 6.07) is 8.80. The van der Waals surface area contributed by atoms with E-state index in [9.17, 15) is 14.7 Å². The van der Waals surface area contributed by atoms with Gasteiger partial charge in [0.15, 0.2) is 0 Å². The van der Waals surface area contributed by atoms with Gasteiger partial charge >= 0.3 is 6.09 Å². The average molecular weight is 291 g/mol. The SMILES string of the molecule is CC(C)C[C@H]1[C@@H](O)CC(=O)N1C(=O)OCc1ccccc1. The Labute approximate surface area is 124 Å². The standard InChI is InChI=1S/C16H21NO4/c1-11(2)8-13-14(18)9-15(19)17(13)16(20)21-10-12-6-4-3-5-7-12/h3-7,11,13-14,18H,8-10H2,1-2H3/t13-,14-/m0/s1. The summed E-state index contributed by atoms with van der Waals surface area (Å²) in [5, 5.41) is 9.94. The maximum absolute atomic E-state index is 12.1. The van der Waals surface area contributed by atoms with Crippen molar-refractivity contribution >= 4 is 12.0 Å². The second kappa shape index (κ2) is 6.72. The highest BCUT2D eigenvalue weighted by molar-refractivity contribution is 5.94. The first-order chi connectivity index (χ1) is 9.99. The van der Waals surface area contributed by atoms with Gasteiger partial charge in [0.2, 0.25) is 5.91 Å². The molecule has 1 fully saturated rings. The number of carbonyl (C=O) groups excluding carboxylic acids is 2. The third-order valence-corrected chi connectivity index (χ3v) is 3.54. The maximum atomic E-state index is 12.1. The number of aliphatic hydroxyl groups excluding tert-OH is 1. The molecule has 1 aliphatic heterocycles. The largest absolute Gasteiger partial charge is 0.444 e. The average Bonchev–Trinajstić information content (AvgIpc) is 2.71. The molecule has 0 unspecified atom stereocenters. The molecule has 1 saturated heterocycles. The Morgan fingerprint density at radius 3 is 2.67 bits per heavy atom. The zero-order valence-electron chi connectivity index (χ0n) is 12.4. The summed E-state index contributed by atoms with van der Waals surface area (Å²) in [6.45, 7) is 4.10. The fourth-order valence-corrected chi connectivity index (χ4v) is 2.54. The minimum atomic E-state index is -0.802. The zero-order chi connectivity index (χ0) is 15.4. The predicted octanol–water partition coefficient (Wildman–Crippen LogP) is 2.33. The fraction of sp³-hybridized carbons (Fsp3) is 0.500. The highest BCUT2D eigenvalue weighted by Gasteiger charge is 2.43. The molecule has 0 aromatic heterocycles. The molecule has 0 spiro atoms. The van der Waals surface area contributed by atoms with E-state index < -0.39 is 18.2 Å². The quantitative estimate of drug-likeness (QED) is 0.924. The number of carbonyl (C=O) groups is 2. The van der Waals surface area contributed by atoms with Gasteiger partial charge in [0, 0.05) is 0 Å². The van der Waals surface area contributed by atoms with Gasteiger partial charge in [0.25, 0.3) is 0 Å². The smallest absolute Gasteiger partial charge is 0.417 e. The lowest BCUT2D eigenvalue weighted by Gasteiger charge is -2.25. The number of likely N-dealkylation sites (tertiary alicyclic amines) is 1. The van der Waals surface area contributed by atoms with Crippen LogP contribution in [0.1, 0.15) is 32.3 Å². The molecular weight excluding hydrogens is 270 g/mol. The van der Waals surface area contributed by atoms with Gasteiger partial charge in [-0.25, -0.2) is 9.69 Å². The van der Waals surface area contributed by atoms with E-state index in [1.54, 1.807) is 0 Å². The molecule has 1 aliphatic rings. The summed E-state index contributed by atoms with van der Waals surface area (Å²) >= 11 is 0. The molecule has 1 aromatic rings. The summed E-state index contributed by atoms with van der Waals surface area (Å²) in [5.41, 5.74) is 0.860. The van der Waals surface area contributed by atoms with Gasteiger partial charge in [-0.05, 0) is 17.9 Å². The van der Waals surface area contributed by atoms with E-state index in [0.717, 1.165) is 10.5 Å². The lowest BCUT2D eigenvalue weighted by Crippen LogP contribution is -2.42. The zero-order valence-corrected chi connectivity index (χ0v) is 12.4. The van der Waals surface area contributed by atoms with Crippen molar-refractivity contribution in [2.45, 2.75) is 45.4 Å². The van der Waals surface area contributed by atoms with Gasteiger partial charge in [-0.15, -0.1) is 0 Å². The number of ether oxygens (including phenoxy) is 1. The molecular formula is C16H21NO4. The van der Waals surface area contributed by atoms with Crippen LogP contribution in [0.25, 0.3) is 0 Å². The van der Waals surface area contributed by atoms with Crippen molar-refractivity contribution < 1.29 is 19.4 Å². The monoisotopic (exact) mass is 291 g/mol. The van der Waals surface area contributed by atoms with E-state index in [1.807, 2.05) is 44.2 Å². The van der Waals surface area contributed by atoms with Crippen LogP contribution in [-0.2, 0) is 16.1 Å². The van der Waals surface area contributed by atoms with Crippen molar-refractivity contribution in [3.05, 3.63) is 35.9 Å². The Bertz CT molecular complexity index is 500. The van der Waals surface area contributed by atoms with Crippen molar-refractivity contribution in [3.8, 4) is 0 Å². The number of amides is 2. The molecule has 2 amide bonds. The molecule has 1 N–H and O–H groups in total. The van der Waals surface area contributed by atoms with Gasteiger partial charge in [-0.1, -0.05) is 44.2 Å². The van der Waals surface area contributed by atoms with E-state index in [1.165, 1.54) is 0 Å². The van der Waals surface area contributed by atoms with Crippen LogP contribution in [0, 0.1) is 5.92 Å². The molecule has 1 heterocycles. The Hall–Kier alpha value is -1.88. The molecule has 0 aliphatic carbocycles. The number of aliphatic hydroxyl groups is 1. The number of hydrogen-bond acceptors (Lipinski definition) is 4. The minimum Gasteiger partial charge on any atom is -0.444 e. The summed E-state index contributed by atoms with van der Waals surface area (Å²) in [4.78, 5) is 25.1. The van der Waals surface area contributed by atoms with Crippen molar-refractivity contribution in [1.82, 2.24) is 4.90 Å². The van der Waals surface area contributed by atoms with Crippen molar-refractivity contribution in [2.24, 2.45) is 5.92 Å². The molecule has 2 atom stereocenters. The lowest BCUT2D eigenvalue weighted by atomic mass is 10.0. The van der Waals surface area contributed by atoms with Gasteiger partial charge in [0.1, 0.15) is 6.61 Å². The molecule has 114 valence electrons. The van der Waals surface area contributed by atoms with Crippen molar-refractivity contribution in [2.75, 3.05) is 0 Å². The first-order valence-electron chi connectivity index (χ1n) is 7.20. The minimum absolute atomic E-state index is 0.0160. The summed E-state index contributed by atoms with van der Waals surface area (Å²) in [5.74, 6) is -0.0915. The topological polar surface area (TPSA) is 66.8 Å². The molecule has 5 nitrogen and oxygen atoms in total. The number of nitrogens with zero attached hydrogens (tertiary/aromatic N) is 1. The number of rotatable bonds is 4. The summed E-state index contributed by atoms with van der Waals surface area (Å²) in [7, 11) is 0. The van der Waals surface area contributed by atoms with Gasteiger partial charge in [0.05, 0.1) is 18.6 Å². The van der Waals surface area contributed by atoms with Crippen LogP contribution in [0.3, 0.4) is 0 Å². The highest BCUT2D eigenvalue weighted by atomic mass is 16.6. The lowest BCUT2D eigenvalue weighted by molar-refractivity contribution is -0.127. The van der Waals surface area contributed by atoms with Crippen LogP contribution in [0.2, 0.25) is 0 Å². The van der Waals surface area contributed by atoms with Gasteiger partial charge < -0.3 is 9.84 Å². The fourth-order valence-electron chi connectivity index (χ4n) is 2.54. The molecule has 0 saturated carbocycles. The van der Waals surface area contributed by atoms with Gasteiger partial charge in [-0.2, -0.15) is 0 Å². The number of hydrogen-bond donors (Lipinski definition) is 1. The Balaban J connectivity index is 2.00. The van der Waals surface area contributed by atoms with Crippen molar-refractivity contribution in [3.63, 3.8) is 0 Å². The van der Waals surface area contributed by atoms with Gasteiger partial charge in [-0.3, -0.25) is 4.79 Å². The maximum Gasteiger partial charge on any atom is 0.417 e. The first kappa shape index (κ1) is 15.5. The van der Waals surface area contributed by atoms with Crippen LogP contribution in [0.5, 0.6) is 0 Å². The first-order valence-corrected chi connectivity index (χ1v) is 7.20. The predicted molar refractivity (Wildman–Crippen MR) is 77.3 cm³/mol. The Kier molecular flexibility index (Phi) is 4.96. The third kappa shape index (κ3) is 3.82. The van der Waals surface area contributed by atoms with E-state index >= 15 is 0 Å². The Morgan fingerprint density at radius 2 is 2.05 bits per heavy atom. The molecule has 0 radical (unpaired) electrons. The van der Waals surface area contributed by atoms with E-state index in [4.69, 9.17) is 4.74 Å². The van der Waals surface area contributed by atoms with Crippen molar-refractivity contribution in [1.29, 1.82) is 0 Å². The van der Waals surface area contributed by atoms with Crippen LogP contribution in [0.4, 0.5) is 4.79 Å². The number of benzene rings is 1. The second-order valence-electron chi connectivity index (χ2n) is 5.77.